The van der Waals surface area contributed by atoms with E-state index in [4.69, 9.17) is 5.11 Å². The van der Waals surface area contributed by atoms with Gasteiger partial charge in [0.25, 0.3) is 5.91 Å². The number of unbranched alkanes of at least 4 members (excludes halogenated alkanes) is 3. The SMILES string of the molecule is O=C(NCCCCCCO)c1ccn(-c2ccccc2)n1. The number of rotatable bonds is 8. The fourth-order valence-electron chi connectivity index (χ4n) is 2.05. The Hall–Kier alpha value is -2.14. The van der Waals surface area contributed by atoms with E-state index in [0.717, 1.165) is 31.4 Å². The Morgan fingerprint density at radius 3 is 2.62 bits per heavy atom. The van der Waals surface area contributed by atoms with Gasteiger partial charge >= 0.3 is 0 Å². The quantitative estimate of drug-likeness (QED) is 0.731. The third-order valence-electron chi connectivity index (χ3n) is 3.21. The molecule has 0 atom stereocenters. The van der Waals surface area contributed by atoms with E-state index in [1.807, 2.05) is 30.3 Å². The highest BCUT2D eigenvalue weighted by atomic mass is 16.2. The first-order valence-electron chi connectivity index (χ1n) is 7.31. The number of benzene rings is 1. The molecule has 2 aromatic rings. The zero-order chi connectivity index (χ0) is 14.9. The molecule has 0 aliphatic heterocycles. The molecule has 5 nitrogen and oxygen atoms in total. The number of hydrogen-bond acceptors (Lipinski definition) is 3. The molecule has 1 aromatic carbocycles. The van der Waals surface area contributed by atoms with Crippen molar-refractivity contribution in [2.75, 3.05) is 13.2 Å². The summed E-state index contributed by atoms with van der Waals surface area (Å²) < 4.78 is 1.69. The van der Waals surface area contributed by atoms with Gasteiger partial charge in [-0.15, -0.1) is 0 Å². The standard InChI is InChI=1S/C16H21N3O2/c20-13-7-2-1-6-11-17-16(21)15-10-12-19(18-15)14-8-4-3-5-9-14/h3-5,8-10,12,20H,1-2,6-7,11,13H2,(H,17,21). The first-order chi connectivity index (χ1) is 10.3. The third kappa shape index (κ3) is 4.72. The van der Waals surface area contributed by atoms with E-state index < -0.39 is 0 Å². The Morgan fingerprint density at radius 2 is 1.86 bits per heavy atom. The van der Waals surface area contributed by atoms with Crippen molar-refractivity contribution >= 4 is 5.91 Å². The molecule has 1 aromatic heterocycles. The van der Waals surface area contributed by atoms with Crippen LogP contribution in [0.2, 0.25) is 0 Å². The monoisotopic (exact) mass is 287 g/mol. The Kier molecular flexibility index (Phi) is 5.97. The van der Waals surface area contributed by atoms with Gasteiger partial charge in [0.15, 0.2) is 5.69 Å². The van der Waals surface area contributed by atoms with Gasteiger partial charge in [-0.1, -0.05) is 31.0 Å². The molecular formula is C16H21N3O2. The maximum atomic E-state index is 12.0. The van der Waals surface area contributed by atoms with Crippen LogP contribution in [0, 0.1) is 0 Å². The minimum Gasteiger partial charge on any atom is -0.396 e. The lowest BCUT2D eigenvalue weighted by atomic mass is 10.2. The Morgan fingerprint density at radius 1 is 1.10 bits per heavy atom. The van der Waals surface area contributed by atoms with Crippen molar-refractivity contribution in [2.45, 2.75) is 25.7 Å². The zero-order valence-corrected chi connectivity index (χ0v) is 12.0. The molecule has 0 aliphatic rings. The highest BCUT2D eigenvalue weighted by molar-refractivity contribution is 5.92. The molecule has 1 heterocycles. The van der Waals surface area contributed by atoms with Crippen LogP contribution in [-0.2, 0) is 0 Å². The van der Waals surface area contributed by atoms with Crippen molar-refractivity contribution in [3.8, 4) is 5.69 Å². The van der Waals surface area contributed by atoms with E-state index in [-0.39, 0.29) is 12.5 Å². The molecule has 112 valence electrons. The fraction of sp³-hybridized carbons (Fsp3) is 0.375. The molecule has 0 saturated carbocycles. The van der Waals surface area contributed by atoms with Crippen LogP contribution in [0.25, 0.3) is 5.69 Å². The van der Waals surface area contributed by atoms with Crippen molar-refractivity contribution in [3.63, 3.8) is 0 Å². The molecule has 1 amide bonds. The molecule has 0 fully saturated rings. The number of hydrogen-bond donors (Lipinski definition) is 2. The van der Waals surface area contributed by atoms with Crippen LogP contribution in [-0.4, -0.2) is 33.9 Å². The number of para-hydroxylation sites is 1. The normalized spacial score (nSPS) is 10.5. The van der Waals surface area contributed by atoms with E-state index in [1.165, 1.54) is 0 Å². The summed E-state index contributed by atoms with van der Waals surface area (Å²) >= 11 is 0. The van der Waals surface area contributed by atoms with Crippen LogP contribution >= 0.6 is 0 Å². The first-order valence-corrected chi connectivity index (χ1v) is 7.31. The van der Waals surface area contributed by atoms with Gasteiger partial charge in [-0.2, -0.15) is 5.10 Å². The molecule has 5 heteroatoms. The maximum absolute atomic E-state index is 12.0. The number of aromatic nitrogens is 2. The van der Waals surface area contributed by atoms with Crippen LogP contribution in [0.5, 0.6) is 0 Å². The molecule has 0 bridgehead atoms. The van der Waals surface area contributed by atoms with E-state index in [2.05, 4.69) is 10.4 Å². The third-order valence-corrected chi connectivity index (χ3v) is 3.21. The highest BCUT2D eigenvalue weighted by Gasteiger charge is 2.09. The van der Waals surface area contributed by atoms with Crippen LogP contribution < -0.4 is 5.32 Å². The minimum atomic E-state index is -0.146. The molecule has 2 N–H and O–H groups in total. The van der Waals surface area contributed by atoms with Gasteiger partial charge in [0.05, 0.1) is 5.69 Å². The van der Waals surface area contributed by atoms with E-state index in [0.29, 0.717) is 12.2 Å². The molecule has 2 rings (SSSR count). The van der Waals surface area contributed by atoms with E-state index in [1.54, 1.807) is 16.9 Å². The minimum absolute atomic E-state index is 0.146. The van der Waals surface area contributed by atoms with E-state index in [9.17, 15) is 4.79 Å². The van der Waals surface area contributed by atoms with Crippen molar-refractivity contribution in [1.82, 2.24) is 15.1 Å². The van der Waals surface area contributed by atoms with Gasteiger partial charge < -0.3 is 10.4 Å². The second kappa shape index (κ2) is 8.21. The average molecular weight is 287 g/mol. The Labute approximate surface area is 124 Å². The predicted octanol–water partition coefficient (Wildman–Crippen LogP) is 2.15. The number of carbonyl (C=O) groups is 1. The molecule has 0 radical (unpaired) electrons. The summed E-state index contributed by atoms with van der Waals surface area (Å²) in [5.74, 6) is -0.146. The second-order valence-corrected chi connectivity index (χ2v) is 4.87. The number of carbonyl (C=O) groups excluding carboxylic acids is 1. The molecule has 0 spiro atoms. The zero-order valence-electron chi connectivity index (χ0n) is 12.0. The summed E-state index contributed by atoms with van der Waals surface area (Å²) in [6, 6.07) is 11.4. The van der Waals surface area contributed by atoms with Gasteiger partial charge in [0.1, 0.15) is 0 Å². The lowest BCUT2D eigenvalue weighted by Gasteiger charge is -2.03. The van der Waals surface area contributed by atoms with Crippen LogP contribution in [0.4, 0.5) is 0 Å². The summed E-state index contributed by atoms with van der Waals surface area (Å²) in [5.41, 5.74) is 1.36. The van der Waals surface area contributed by atoms with Crippen LogP contribution in [0.1, 0.15) is 36.2 Å². The summed E-state index contributed by atoms with van der Waals surface area (Å²) in [4.78, 5) is 12.0. The molecule has 21 heavy (non-hydrogen) atoms. The fourth-order valence-corrected chi connectivity index (χ4v) is 2.05. The van der Waals surface area contributed by atoms with Crippen molar-refractivity contribution in [1.29, 1.82) is 0 Å². The van der Waals surface area contributed by atoms with Crippen molar-refractivity contribution in [3.05, 3.63) is 48.3 Å². The first kappa shape index (κ1) is 15.3. The topological polar surface area (TPSA) is 67.2 Å². The summed E-state index contributed by atoms with van der Waals surface area (Å²) in [6.07, 6.45) is 5.54. The van der Waals surface area contributed by atoms with Crippen molar-refractivity contribution in [2.24, 2.45) is 0 Å². The number of nitrogens with one attached hydrogen (secondary N) is 1. The van der Waals surface area contributed by atoms with Gasteiger partial charge in [0, 0.05) is 19.3 Å². The molecular weight excluding hydrogens is 266 g/mol. The van der Waals surface area contributed by atoms with Crippen LogP contribution in [0.15, 0.2) is 42.6 Å². The number of nitrogens with zero attached hydrogens (tertiary/aromatic N) is 2. The predicted molar refractivity (Wildman–Crippen MR) is 81.5 cm³/mol. The molecule has 0 saturated heterocycles. The van der Waals surface area contributed by atoms with Crippen LogP contribution in [0.3, 0.4) is 0 Å². The molecule has 0 aliphatic carbocycles. The smallest absolute Gasteiger partial charge is 0.271 e. The summed E-state index contributed by atoms with van der Waals surface area (Å²) in [5, 5.41) is 15.8. The van der Waals surface area contributed by atoms with Gasteiger partial charge in [0.2, 0.25) is 0 Å². The summed E-state index contributed by atoms with van der Waals surface area (Å²) in [7, 11) is 0. The summed E-state index contributed by atoms with van der Waals surface area (Å²) in [6.45, 7) is 0.881. The van der Waals surface area contributed by atoms with Gasteiger partial charge in [-0.3, -0.25) is 4.79 Å². The van der Waals surface area contributed by atoms with Gasteiger partial charge in [-0.05, 0) is 31.0 Å². The lowest BCUT2D eigenvalue weighted by Crippen LogP contribution is -2.25. The van der Waals surface area contributed by atoms with Crippen molar-refractivity contribution < 1.29 is 9.90 Å². The maximum Gasteiger partial charge on any atom is 0.271 e. The molecule has 0 unspecified atom stereocenters. The Bertz CT molecular complexity index is 552. The lowest BCUT2D eigenvalue weighted by molar-refractivity contribution is 0.0947. The van der Waals surface area contributed by atoms with E-state index >= 15 is 0 Å². The average Bonchev–Trinajstić information content (AvgIpc) is 3.01. The Balaban J connectivity index is 1.80. The number of aliphatic hydroxyl groups is 1. The second-order valence-electron chi connectivity index (χ2n) is 4.87. The number of amides is 1. The highest BCUT2D eigenvalue weighted by Crippen LogP contribution is 2.06. The van der Waals surface area contributed by atoms with Gasteiger partial charge in [-0.25, -0.2) is 4.68 Å². The largest absolute Gasteiger partial charge is 0.396 e. The number of aliphatic hydroxyl groups excluding tert-OH is 1.